The van der Waals surface area contributed by atoms with Crippen molar-refractivity contribution in [2.45, 2.75) is 25.8 Å². The van der Waals surface area contributed by atoms with Gasteiger partial charge in [0, 0.05) is 9.90 Å². The second kappa shape index (κ2) is 9.90. The van der Waals surface area contributed by atoms with Crippen LogP contribution >= 0.6 is 34.7 Å². The number of halogens is 1. The molecule has 0 aliphatic heterocycles. The maximum atomic E-state index is 12.7. The summed E-state index contributed by atoms with van der Waals surface area (Å²) in [4.78, 5) is 34.6. The largest absolute Gasteiger partial charge is 0.462 e. The molecule has 11 heteroatoms. The molecular weight excluding hydrogens is 482 g/mol. The molecule has 3 heterocycles. The molecule has 170 valence electrons. The Balaban J connectivity index is 1.51. The van der Waals surface area contributed by atoms with Crippen molar-refractivity contribution in [2.75, 3.05) is 17.7 Å². The van der Waals surface area contributed by atoms with Gasteiger partial charge < -0.3 is 10.1 Å². The van der Waals surface area contributed by atoms with Crippen LogP contribution in [0.25, 0.3) is 16.7 Å². The van der Waals surface area contributed by atoms with Crippen LogP contribution in [0.2, 0.25) is 5.02 Å². The second-order valence-electron chi connectivity index (χ2n) is 6.99. The van der Waals surface area contributed by atoms with Crippen molar-refractivity contribution >= 4 is 62.6 Å². The Bertz CT molecular complexity index is 1330. The highest BCUT2D eigenvalue weighted by Gasteiger charge is 2.22. The van der Waals surface area contributed by atoms with Gasteiger partial charge in [-0.2, -0.15) is 5.10 Å². The number of carbonyl (C=O) groups is 2. The third-order valence-corrected chi connectivity index (χ3v) is 7.24. The van der Waals surface area contributed by atoms with Crippen molar-refractivity contribution in [1.82, 2.24) is 19.7 Å². The molecule has 0 saturated heterocycles. The smallest absolute Gasteiger partial charge is 0.341 e. The Kier molecular flexibility index (Phi) is 6.96. The number of nitrogens with one attached hydrogen (secondary N) is 1. The number of nitrogens with zero attached hydrogens (tertiary/aromatic N) is 4. The van der Waals surface area contributed by atoms with E-state index >= 15 is 0 Å². The van der Waals surface area contributed by atoms with Crippen molar-refractivity contribution in [1.29, 1.82) is 0 Å². The molecule has 0 bridgehead atoms. The van der Waals surface area contributed by atoms with Gasteiger partial charge in [0.1, 0.15) is 16.4 Å². The lowest BCUT2D eigenvalue weighted by atomic mass is 10.1. The van der Waals surface area contributed by atoms with Crippen LogP contribution in [0, 0.1) is 13.8 Å². The van der Waals surface area contributed by atoms with Crippen molar-refractivity contribution in [3.05, 3.63) is 57.8 Å². The number of hydrogen-bond donors (Lipinski definition) is 1. The van der Waals surface area contributed by atoms with E-state index in [0.29, 0.717) is 26.3 Å². The molecule has 1 aromatic carbocycles. The molecule has 3 aromatic heterocycles. The highest BCUT2D eigenvalue weighted by Crippen LogP contribution is 2.33. The van der Waals surface area contributed by atoms with E-state index in [4.69, 9.17) is 16.3 Å². The van der Waals surface area contributed by atoms with Crippen LogP contribution in [0.4, 0.5) is 5.00 Å². The molecule has 33 heavy (non-hydrogen) atoms. The molecule has 0 unspecified atom stereocenters. The quantitative estimate of drug-likeness (QED) is 0.215. The summed E-state index contributed by atoms with van der Waals surface area (Å²) in [5.74, 6) is -0.575. The number of thioether (sulfide) groups is 1. The number of rotatable bonds is 7. The first-order valence-corrected chi connectivity index (χ1v) is 12.2. The predicted octanol–water partition coefficient (Wildman–Crippen LogP) is 5.05. The first-order valence-electron chi connectivity index (χ1n) is 10.0. The van der Waals surface area contributed by atoms with Crippen LogP contribution in [0.3, 0.4) is 0 Å². The topological polar surface area (TPSA) is 99.0 Å². The number of fused-ring (bicyclic) bond motifs is 1. The number of thiophene rings is 1. The van der Waals surface area contributed by atoms with Crippen LogP contribution in [0.1, 0.15) is 27.7 Å². The van der Waals surface area contributed by atoms with Gasteiger partial charge in [0.25, 0.3) is 0 Å². The molecule has 0 radical (unpaired) electrons. The van der Waals surface area contributed by atoms with E-state index in [1.807, 2.05) is 26.0 Å². The number of esters is 1. The van der Waals surface area contributed by atoms with E-state index in [2.05, 4.69) is 20.4 Å². The lowest BCUT2D eigenvalue weighted by molar-refractivity contribution is -0.113. The van der Waals surface area contributed by atoms with Gasteiger partial charge in [-0.05, 0) is 50.6 Å². The standard InChI is InChI=1S/C22H20ClN5O3S2/c1-4-31-22(30)18-12(2)13(3)33-21(18)27-17(29)10-32-20-16-9-26-28(19(16)24-11-25-20)15-7-5-14(23)6-8-15/h5-9,11H,4,10H2,1-3H3,(H,27,29). The number of benzene rings is 1. The molecule has 0 aliphatic carbocycles. The second-order valence-corrected chi connectivity index (χ2v) is 9.62. The molecule has 4 rings (SSSR count). The van der Waals surface area contributed by atoms with Crippen LogP contribution in [0.5, 0.6) is 0 Å². The Morgan fingerprint density at radius 2 is 1.97 bits per heavy atom. The van der Waals surface area contributed by atoms with Gasteiger partial charge in [-0.25, -0.2) is 19.4 Å². The molecule has 0 fully saturated rings. The summed E-state index contributed by atoms with van der Waals surface area (Å²) < 4.78 is 6.84. The Labute approximate surface area is 203 Å². The average molecular weight is 502 g/mol. The van der Waals surface area contributed by atoms with Gasteiger partial charge in [0.05, 0.1) is 35.2 Å². The number of aryl methyl sites for hydroxylation is 1. The van der Waals surface area contributed by atoms with Gasteiger partial charge >= 0.3 is 5.97 Å². The zero-order chi connectivity index (χ0) is 23.5. The van der Waals surface area contributed by atoms with Crippen LogP contribution in [-0.4, -0.2) is 44.0 Å². The molecule has 0 atom stereocenters. The van der Waals surface area contributed by atoms with E-state index in [0.717, 1.165) is 21.5 Å². The SMILES string of the molecule is CCOC(=O)c1c(NC(=O)CSc2ncnc3c2cnn3-c2ccc(Cl)cc2)sc(C)c1C. The molecule has 4 aromatic rings. The van der Waals surface area contributed by atoms with E-state index in [1.165, 1.54) is 29.4 Å². The lowest BCUT2D eigenvalue weighted by Crippen LogP contribution is -2.16. The zero-order valence-electron chi connectivity index (χ0n) is 18.1. The van der Waals surface area contributed by atoms with Gasteiger partial charge in [-0.15, -0.1) is 11.3 Å². The number of aromatic nitrogens is 4. The first kappa shape index (κ1) is 23.2. The Morgan fingerprint density at radius 3 is 2.70 bits per heavy atom. The van der Waals surface area contributed by atoms with Crippen molar-refractivity contribution in [3.8, 4) is 5.69 Å². The minimum Gasteiger partial charge on any atom is -0.462 e. The Morgan fingerprint density at radius 1 is 1.21 bits per heavy atom. The van der Waals surface area contributed by atoms with E-state index in [-0.39, 0.29) is 18.3 Å². The number of amides is 1. The summed E-state index contributed by atoms with van der Waals surface area (Å²) >= 11 is 8.61. The summed E-state index contributed by atoms with van der Waals surface area (Å²) in [5.41, 5.74) is 2.67. The number of hydrogen-bond acceptors (Lipinski definition) is 8. The molecule has 1 amide bonds. The van der Waals surface area contributed by atoms with Crippen LogP contribution in [0.15, 0.2) is 41.8 Å². The summed E-state index contributed by atoms with van der Waals surface area (Å²) in [6.45, 7) is 5.77. The minimum atomic E-state index is -0.436. The lowest BCUT2D eigenvalue weighted by Gasteiger charge is -2.07. The highest BCUT2D eigenvalue weighted by atomic mass is 35.5. The summed E-state index contributed by atoms with van der Waals surface area (Å²) in [7, 11) is 0. The first-order chi connectivity index (χ1) is 15.9. The normalized spacial score (nSPS) is 11.0. The average Bonchev–Trinajstić information content (AvgIpc) is 3.34. The number of carbonyl (C=O) groups excluding carboxylic acids is 2. The van der Waals surface area contributed by atoms with Gasteiger partial charge in [0.2, 0.25) is 5.91 Å². The van der Waals surface area contributed by atoms with Gasteiger partial charge in [0.15, 0.2) is 5.65 Å². The third-order valence-electron chi connectivity index (χ3n) is 4.86. The van der Waals surface area contributed by atoms with E-state index in [1.54, 1.807) is 29.9 Å². The van der Waals surface area contributed by atoms with Gasteiger partial charge in [-0.3, -0.25) is 4.79 Å². The van der Waals surface area contributed by atoms with E-state index in [9.17, 15) is 9.59 Å². The number of ether oxygens (including phenoxy) is 1. The van der Waals surface area contributed by atoms with Crippen LogP contribution in [-0.2, 0) is 9.53 Å². The van der Waals surface area contributed by atoms with Crippen molar-refractivity contribution in [2.24, 2.45) is 0 Å². The highest BCUT2D eigenvalue weighted by molar-refractivity contribution is 8.00. The fraction of sp³-hybridized carbons (Fsp3) is 0.227. The molecule has 0 aliphatic rings. The summed E-state index contributed by atoms with van der Waals surface area (Å²) in [6, 6.07) is 7.26. The Hall–Kier alpha value is -2.95. The zero-order valence-corrected chi connectivity index (χ0v) is 20.5. The maximum Gasteiger partial charge on any atom is 0.341 e. The fourth-order valence-electron chi connectivity index (χ4n) is 3.17. The summed E-state index contributed by atoms with van der Waals surface area (Å²) in [6.07, 6.45) is 3.12. The molecule has 0 spiro atoms. The van der Waals surface area contributed by atoms with E-state index < -0.39 is 5.97 Å². The molecular formula is C22H20ClN5O3S2. The van der Waals surface area contributed by atoms with Gasteiger partial charge in [-0.1, -0.05) is 23.4 Å². The molecule has 0 saturated carbocycles. The number of anilines is 1. The van der Waals surface area contributed by atoms with Crippen molar-refractivity contribution < 1.29 is 14.3 Å². The third kappa shape index (κ3) is 4.87. The summed E-state index contributed by atoms with van der Waals surface area (Å²) in [5, 5.41) is 9.77. The monoisotopic (exact) mass is 501 g/mol. The predicted molar refractivity (Wildman–Crippen MR) is 131 cm³/mol. The van der Waals surface area contributed by atoms with Crippen molar-refractivity contribution in [3.63, 3.8) is 0 Å². The molecule has 8 nitrogen and oxygen atoms in total. The minimum absolute atomic E-state index is 0.108. The van der Waals surface area contributed by atoms with Crippen LogP contribution < -0.4 is 5.32 Å². The molecule has 1 N–H and O–H groups in total. The maximum absolute atomic E-state index is 12.7. The fourth-order valence-corrected chi connectivity index (χ4v) is 5.12.